The van der Waals surface area contributed by atoms with Crippen molar-refractivity contribution in [2.45, 2.75) is 6.92 Å². The molecule has 2 amide bonds. The minimum atomic E-state index is -0.859. The Morgan fingerprint density at radius 3 is 2.37 bits per heavy atom. The third-order valence-electron chi connectivity index (χ3n) is 3.74. The van der Waals surface area contributed by atoms with Crippen molar-refractivity contribution in [2.75, 3.05) is 37.4 Å². The number of nitrogens with zero attached hydrogens (tertiary/aromatic N) is 1. The molecule has 27 heavy (non-hydrogen) atoms. The molecule has 0 radical (unpaired) electrons. The Labute approximate surface area is 156 Å². The predicted octanol–water partition coefficient (Wildman–Crippen LogP) is 2.87. The van der Waals surface area contributed by atoms with E-state index < -0.39 is 17.5 Å². The molecule has 6 nitrogen and oxygen atoms in total. The van der Waals surface area contributed by atoms with Gasteiger partial charge in [0.15, 0.2) is 0 Å². The third kappa shape index (κ3) is 6.34. The molecular weight excluding hydrogens is 356 g/mol. The van der Waals surface area contributed by atoms with Crippen LogP contribution in [0.4, 0.5) is 20.2 Å². The normalized spacial score (nSPS) is 10.6. The number of hydrogen-bond acceptors (Lipinski definition) is 4. The number of anilines is 2. The van der Waals surface area contributed by atoms with E-state index in [0.717, 1.165) is 12.1 Å². The number of halogens is 2. The molecule has 0 saturated heterocycles. The second kappa shape index (κ2) is 9.63. The molecule has 2 aromatic rings. The molecule has 0 aliphatic carbocycles. The molecule has 0 bridgehead atoms. The van der Waals surface area contributed by atoms with Gasteiger partial charge in [-0.2, -0.15) is 0 Å². The minimum Gasteiger partial charge on any atom is -0.497 e. The molecule has 0 unspecified atom stereocenters. The summed E-state index contributed by atoms with van der Waals surface area (Å²) in [5.74, 6) is -1.78. The lowest BCUT2D eigenvalue weighted by atomic mass is 10.3. The first-order valence-corrected chi connectivity index (χ1v) is 8.32. The number of carbonyl (C=O) groups excluding carboxylic acids is 2. The zero-order valence-corrected chi connectivity index (χ0v) is 15.1. The molecule has 8 heteroatoms. The van der Waals surface area contributed by atoms with Gasteiger partial charge in [0.2, 0.25) is 11.8 Å². The molecule has 2 aromatic carbocycles. The number of hydrogen-bond donors (Lipinski definition) is 2. The number of nitrogens with one attached hydrogen (secondary N) is 2. The zero-order chi connectivity index (χ0) is 19.8. The molecule has 0 aliphatic rings. The highest BCUT2D eigenvalue weighted by Crippen LogP contribution is 2.17. The zero-order valence-electron chi connectivity index (χ0n) is 15.1. The Kier molecular flexibility index (Phi) is 7.25. The summed E-state index contributed by atoms with van der Waals surface area (Å²) in [4.78, 5) is 25.9. The minimum absolute atomic E-state index is 0.0208. The maximum absolute atomic E-state index is 13.6. The van der Waals surface area contributed by atoms with Gasteiger partial charge in [-0.3, -0.25) is 14.5 Å². The van der Waals surface area contributed by atoms with Crippen molar-refractivity contribution in [1.82, 2.24) is 4.90 Å². The van der Waals surface area contributed by atoms with Gasteiger partial charge >= 0.3 is 0 Å². The number of methoxy groups -OCH3 is 1. The number of amides is 2. The van der Waals surface area contributed by atoms with E-state index in [-0.39, 0.29) is 24.7 Å². The quantitative estimate of drug-likeness (QED) is 0.742. The Bertz CT molecular complexity index is 815. The van der Waals surface area contributed by atoms with Crippen molar-refractivity contribution >= 4 is 23.2 Å². The monoisotopic (exact) mass is 377 g/mol. The van der Waals surface area contributed by atoms with E-state index >= 15 is 0 Å². The number of carbonyl (C=O) groups is 2. The number of rotatable bonds is 8. The molecule has 2 N–H and O–H groups in total. The summed E-state index contributed by atoms with van der Waals surface area (Å²) >= 11 is 0. The molecule has 0 spiro atoms. The lowest BCUT2D eigenvalue weighted by Gasteiger charge is -2.19. The summed E-state index contributed by atoms with van der Waals surface area (Å²) in [5.41, 5.74) is 0.464. The van der Waals surface area contributed by atoms with Gasteiger partial charge in [-0.05, 0) is 30.8 Å². The summed E-state index contributed by atoms with van der Waals surface area (Å²) in [7, 11) is 1.53. The highest BCUT2D eigenvalue weighted by Gasteiger charge is 2.15. The van der Waals surface area contributed by atoms with Crippen LogP contribution in [-0.2, 0) is 9.59 Å². The van der Waals surface area contributed by atoms with Crippen molar-refractivity contribution in [3.63, 3.8) is 0 Å². The van der Waals surface area contributed by atoms with Crippen molar-refractivity contribution in [1.29, 1.82) is 0 Å². The van der Waals surface area contributed by atoms with Crippen LogP contribution >= 0.6 is 0 Å². The largest absolute Gasteiger partial charge is 0.497 e. The van der Waals surface area contributed by atoms with Crippen LogP contribution in [0.5, 0.6) is 5.75 Å². The highest BCUT2D eigenvalue weighted by atomic mass is 19.1. The topological polar surface area (TPSA) is 70.7 Å². The Morgan fingerprint density at radius 1 is 1.04 bits per heavy atom. The van der Waals surface area contributed by atoms with Crippen LogP contribution < -0.4 is 15.4 Å². The van der Waals surface area contributed by atoms with Gasteiger partial charge in [0.25, 0.3) is 0 Å². The SMILES string of the molecule is CCN(CC(=O)Nc1cccc(OC)c1)CC(=O)Nc1ccc(F)cc1F. The van der Waals surface area contributed by atoms with Crippen molar-refractivity contribution in [3.8, 4) is 5.75 Å². The molecule has 144 valence electrons. The van der Waals surface area contributed by atoms with Gasteiger partial charge in [0.05, 0.1) is 25.9 Å². The van der Waals surface area contributed by atoms with E-state index in [2.05, 4.69) is 10.6 Å². The fourth-order valence-corrected chi connectivity index (χ4v) is 2.37. The van der Waals surface area contributed by atoms with Gasteiger partial charge < -0.3 is 15.4 Å². The Balaban J connectivity index is 1.89. The Hall–Kier alpha value is -3.00. The van der Waals surface area contributed by atoms with E-state index in [1.165, 1.54) is 7.11 Å². The van der Waals surface area contributed by atoms with Crippen molar-refractivity contribution in [3.05, 3.63) is 54.1 Å². The summed E-state index contributed by atoms with van der Waals surface area (Å²) in [6, 6.07) is 9.80. The van der Waals surface area contributed by atoms with Gasteiger partial charge in [-0.25, -0.2) is 8.78 Å². The van der Waals surface area contributed by atoms with E-state index in [9.17, 15) is 18.4 Å². The lowest BCUT2D eigenvalue weighted by molar-refractivity contribution is -0.119. The lowest BCUT2D eigenvalue weighted by Crippen LogP contribution is -2.38. The molecular formula is C19H21F2N3O3. The van der Waals surface area contributed by atoms with Gasteiger partial charge in [0, 0.05) is 17.8 Å². The molecule has 0 heterocycles. The maximum atomic E-state index is 13.6. The average molecular weight is 377 g/mol. The third-order valence-corrected chi connectivity index (χ3v) is 3.74. The van der Waals surface area contributed by atoms with Gasteiger partial charge in [-0.15, -0.1) is 0 Å². The molecule has 0 fully saturated rings. The molecule has 0 atom stereocenters. The van der Waals surface area contributed by atoms with Crippen LogP contribution in [0, 0.1) is 11.6 Å². The van der Waals surface area contributed by atoms with Crippen molar-refractivity contribution in [2.24, 2.45) is 0 Å². The first-order valence-electron chi connectivity index (χ1n) is 8.32. The maximum Gasteiger partial charge on any atom is 0.238 e. The standard InChI is InChI=1S/C19H21F2N3O3/c1-3-24(11-18(25)22-14-5-4-6-15(10-14)27-2)12-19(26)23-17-8-7-13(20)9-16(17)21/h4-10H,3,11-12H2,1-2H3,(H,22,25)(H,23,26). The van der Waals surface area contributed by atoms with Gasteiger partial charge in [0.1, 0.15) is 17.4 Å². The first-order chi connectivity index (χ1) is 12.9. The summed E-state index contributed by atoms with van der Waals surface area (Å²) in [6.45, 7) is 2.10. The van der Waals surface area contributed by atoms with Crippen LogP contribution in [0.1, 0.15) is 6.92 Å². The molecule has 2 rings (SSSR count). The van der Waals surface area contributed by atoms with Crippen LogP contribution in [-0.4, -0.2) is 43.5 Å². The van der Waals surface area contributed by atoms with Gasteiger partial charge in [-0.1, -0.05) is 13.0 Å². The fraction of sp³-hybridized carbons (Fsp3) is 0.263. The number of ether oxygens (including phenoxy) is 1. The summed E-state index contributed by atoms with van der Waals surface area (Å²) < 4.78 is 31.6. The van der Waals surface area contributed by atoms with E-state index in [0.29, 0.717) is 24.0 Å². The van der Waals surface area contributed by atoms with Crippen molar-refractivity contribution < 1.29 is 23.1 Å². The fourth-order valence-electron chi connectivity index (χ4n) is 2.37. The molecule has 0 aromatic heterocycles. The summed E-state index contributed by atoms with van der Waals surface area (Å²) in [5, 5.41) is 5.10. The van der Waals surface area contributed by atoms with Crippen LogP contribution in [0.25, 0.3) is 0 Å². The number of likely N-dealkylation sites (N-methyl/N-ethyl adjacent to an activating group) is 1. The molecule has 0 aliphatic heterocycles. The second-order valence-corrected chi connectivity index (χ2v) is 5.76. The average Bonchev–Trinajstić information content (AvgIpc) is 2.63. The highest BCUT2D eigenvalue weighted by molar-refractivity contribution is 5.94. The van der Waals surface area contributed by atoms with E-state index in [4.69, 9.17) is 4.74 Å². The van der Waals surface area contributed by atoms with Crippen LogP contribution in [0.2, 0.25) is 0 Å². The smallest absolute Gasteiger partial charge is 0.238 e. The Morgan fingerprint density at radius 2 is 1.74 bits per heavy atom. The van der Waals surface area contributed by atoms with Crippen LogP contribution in [0.3, 0.4) is 0 Å². The predicted molar refractivity (Wildman–Crippen MR) is 98.7 cm³/mol. The van der Waals surface area contributed by atoms with E-state index in [1.54, 1.807) is 36.1 Å². The number of benzene rings is 2. The molecule has 0 saturated carbocycles. The summed E-state index contributed by atoms with van der Waals surface area (Å²) in [6.07, 6.45) is 0. The van der Waals surface area contributed by atoms with Crippen LogP contribution in [0.15, 0.2) is 42.5 Å². The van der Waals surface area contributed by atoms with E-state index in [1.807, 2.05) is 0 Å². The second-order valence-electron chi connectivity index (χ2n) is 5.76. The first kappa shape index (κ1) is 20.3.